The number of halogens is 2. The van der Waals surface area contributed by atoms with E-state index < -0.39 is 0 Å². The van der Waals surface area contributed by atoms with Crippen LogP contribution in [0.2, 0.25) is 5.02 Å². The van der Waals surface area contributed by atoms with Crippen molar-refractivity contribution in [2.45, 2.75) is 13.5 Å². The van der Waals surface area contributed by atoms with Crippen LogP contribution >= 0.6 is 23.3 Å². The smallest absolute Gasteiger partial charge is 0.129 e. The molecule has 0 atom stereocenters. The van der Waals surface area contributed by atoms with Crippen molar-refractivity contribution in [2.75, 3.05) is 5.32 Å². The van der Waals surface area contributed by atoms with Crippen molar-refractivity contribution in [1.29, 1.82) is 0 Å². The number of fused-ring (bicyclic) bond motifs is 1. The van der Waals surface area contributed by atoms with Crippen LogP contribution in [0, 0.1) is 12.7 Å². The van der Waals surface area contributed by atoms with Crippen molar-refractivity contribution in [2.24, 2.45) is 0 Å². The van der Waals surface area contributed by atoms with Crippen LogP contribution in [-0.2, 0) is 6.54 Å². The van der Waals surface area contributed by atoms with Crippen LogP contribution in [0.25, 0.3) is 11.0 Å². The van der Waals surface area contributed by atoms with Crippen molar-refractivity contribution in [1.82, 2.24) is 8.75 Å². The number of hydrogen-bond acceptors (Lipinski definition) is 4. The number of aryl methyl sites for hydroxylation is 1. The largest absolute Gasteiger partial charge is 0.378 e. The molecule has 1 aromatic heterocycles. The van der Waals surface area contributed by atoms with Crippen LogP contribution in [0.4, 0.5) is 10.1 Å². The standard InChI is InChI=1S/C14H11ClFN3S/c1-8-2-3-10(16)6-9(8)7-17-13-11(15)4-5-12-14(13)19-20-18-12/h2-6,17H,7H2,1H3. The molecule has 6 heteroatoms. The maximum absolute atomic E-state index is 13.3. The van der Waals surface area contributed by atoms with Crippen molar-refractivity contribution in [3.05, 3.63) is 52.3 Å². The Kier molecular flexibility index (Phi) is 3.54. The predicted molar refractivity (Wildman–Crippen MR) is 80.9 cm³/mol. The zero-order valence-electron chi connectivity index (χ0n) is 10.7. The Hall–Kier alpha value is -1.72. The summed E-state index contributed by atoms with van der Waals surface area (Å²) in [4.78, 5) is 0. The van der Waals surface area contributed by atoms with Gasteiger partial charge in [0.25, 0.3) is 0 Å². The molecule has 0 spiro atoms. The molecule has 1 N–H and O–H groups in total. The average molecular weight is 308 g/mol. The molecule has 0 aliphatic rings. The third kappa shape index (κ3) is 2.46. The summed E-state index contributed by atoms with van der Waals surface area (Å²) in [5.41, 5.74) is 4.20. The van der Waals surface area contributed by atoms with Crippen LogP contribution in [0.3, 0.4) is 0 Å². The first-order chi connectivity index (χ1) is 9.65. The third-order valence-electron chi connectivity index (χ3n) is 3.14. The van der Waals surface area contributed by atoms with Gasteiger partial charge in [0, 0.05) is 6.54 Å². The highest BCUT2D eigenvalue weighted by Crippen LogP contribution is 2.30. The highest BCUT2D eigenvalue weighted by molar-refractivity contribution is 7.00. The van der Waals surface area contributed by atoms with E-state index in [2.05, 4.69) is 14.1 Å². The van der Waals surface area contributed by atoms with Gasteiger partial charge in [-0.05, 0) is 42.3 Å². The Balaban J connectivity index is 1.92. The first kappa shape index (κ1) is 13.3. The van der Waals surface area contributed by atoms with E-state index in [-0.39, 0.29) is 5.82 Å². The summed E-state index contributed by atoms with van der Waals surface area (Å²) >= 11 is 7.34. The quantitative estimate of drug-likeness (QED) is 0.779. The fraction of sp³-hybridized carbons (Fsp3) is 0.143. The van der Waals surface area contributed by atoms with Crippen molar-refractivity contribution in [3.8, 4) is 0 Å². The minimum Gasteiger partial charge on any atom is -0.378 e. The van der Waals surface area contributed by atoms with E-state index in [1.54, 1.807) is 12.1 Å². The lowest BCUT2D eigenvalue weighted by Gasteiger charge is -2.11. The minimum atomic E-state index is -0.243. The van der Waals surface area contributed by atoms with Crippen LogP contribution in [-0.4, -0.2) is 8.75 Å². The summed E-state index contributed by atoms with van der Waals surface area (Å²) in [5.74, 6) is -0.243. The first-order valence-electron chi connectivity index (χ1n) is 6.05. The van der Waals surface area contributed by atoms with Crippen LogP contribution in [0.1, 0.15) is 11.1 Å². The van der Waals surface area contributed by atoms with Crippen LogP contribution < -0.4 is 5.32 Å². The van der Waals surface area contributed by atoms with Gasteiger partial charge in [-0.2, -0.15) is 8.75 Å². The second kappa shape index (κ2) is 5.34. The summed E-state index contributed by atoms with van der Waals surface area (Å²) in [6, 6.07) is 8.36. The SMILES string of the molecule is Cc1ccc(F)cc1CNc1c(Cl)ccc2nsnc12. The van der Waals surface area contributed by atoms with Gasteiger partial charge in [0.2, 0.25) is 0 Å². The third-order valence-corrected chi connectivity index (χ3v) is 4.00. The molecule has 3 rings (SSSR count). The van der Waals surface area contributed by atoms with Gasteiger partial charge in [0.05, 0.1) is 22.4 Å². The topological polar surface area (TPSA) is 37.8 Å². The molecule has 0 bridgehead atoms. The maximum atomic E-state index is 13.3. The van der Waals surface area contributed by atoms with Gasteiger partial charge < -0.3 is 5.32 Å². The molecule has 3 aromatic rings. The Morgan fingerprint density at radius 2 is 2.10 bits per heavy atom. The van der Waals surface area contributed by atoms with E-state index in [1.807, 2.05) is 13.0 Å². The molecule has 3 nitrogen and oxygen atoms in total. The lowest BCUT2D eigenvalue weighted by molar-refractivity contribution is 0.625. The van der Waals surface area contributed by atoms with Crippen molar-refractivity contribution in [3.63, 3.8) is 0 Å². The summed E-state index contributed by atoms with van der Waals surface area (Å²) in [6.45, 7) is 2.43. The van der Waals surface area contributed by atoms with Crippen molar-refractivity contribution >= 4 is 40.0 Å². The number of rotatable bonds is 3. The molecule has 0 amide bonds. The molecule has 0 radical (unpaired) electrons. The Morgan fingerprint density at radius 3 is 2.95 bits per heavy atom. The number of nitrogens with zero attached hydrogens (tertiary/aromatic N) is 2. The fourth-order valence-corrected chi connectivity index (χ4v) is 2.77. The number of anilines is 1. The molecule has 0 unspecified atom stereocenters. The summed E-state index contributed by atoms with van der Waals surface area (Å²) in [7, 11) is 0. The van der Waals surface area contributed by atoms with Gasteiger partial charge in [0.1, 0.15) is 16.9 Å². The van der Waals surface area contributed by atoms with Crippen LogP contribution in [0.15, 0.2) is 30.3 Å². The van der Waals surface area contributed by atoms with Gasteiger partial charge in [0.15, 0.2) is 0 Å². The van der Waals surface area contributed by atoms with E-state index in [9.17, 15) is 4.39 Å². The van der Waals surface area contributed by atoms with Gasteiger partial charge in [-0.15, -0.1) is 0 Å². The van der Waals surface area contributed by atoms with E-state index in [0.29, 0.717) is 11.6 Å². The molecule has 20 heavy (non-hydrogen) atoms. The monoisotopic (exact) mass is 307 g/mol. The molecule has 0 fully saturated rings. The first-order valence-corrected chi connectivity index (χ1v) is 7.15. The molecule has 1 heterocycles. The second-order valence-corrected chi connectivity index (χ2v) is 5.41. The van der Waals surface area contributed by atoms with E-state index in [0.717, 1.165) is 39.6 Å². The number of hydrogen-bond donors (Lipinski definition) is 1. The van der Waals surface area contributed by atoms with Gasteiger partial charge in [-0.3, -0.25) is 0 Å². The molecule has 0 saturated carbocycles. The minimum absolute atomic E-state index is 0.243. The average Bonchev–Trinajstić information content (AvgIpc) is 2.90. The van der Waals surface area contributed by atoms with Gasteiger partial charge in [-0.25, -0.2) is 4.39 Å². The molecule has 102 valence electrons. The van der Waals surface area contributed by atoms with Crippen molar-refractivity contribution < 1.29 is 4.39 Å². The number of aromatic nitrogens is 2. The molecule has 2 aromatic carbocycles. The Morgan fingerprint density at radius 1 is 1.25 bits per heavy atom. The van der Waals surface area contributed by atoms with Gasteiger partial charge >= 0.3 is 0 Å². The summed E-state index contributed by atoms with van der Waals surface area (Å²) < 4.78 is 21.7. The Bertz CT molecular complexity index is 772. The Labute approximate surface area is 124 Å². The molecule has 0 saturated heterocycles. The molecule has 0 aliphatic heterocycles. The lowest BCUT2D eigenvalue weighted by Crippen LogP contribution is -2.03. The van der Waals surface area contributed by atoms with Crippen LogP contribution in [0.5, 0.6) is 0 Å². The fourth-order valence-electron chi connectivity index (χ4n) is 2.01. The normalized spacial score (nSPS) is 10.9. The zero-order valence-corrected chi connectivity index (χ0v) is 12.2. The summed E-state index contributed by atoms with van der Waals surface area (Å²) in [5, 5.41) is 3.81. The molecule has 0 aliphatic carbocycles. The maximum Gasteiger partial charge on any atom is 0.129 e. The number of benzene rings is 2. The van der Waals surface area contributed by atoms with E-state index in [1.165, 1.54) is 12.1 Å². The molecular formula is C14H11ClFN3S. The van der Waals surface area contributed by atoms with E-state index >= 15 is 0 Å². The number of nitrogens with one attached hydrogen (secondary N) is 1. The highest BCUT2D eigenvalue weighted by atomic mass is 35.5. The van der Waals surface area contributed by atoms with E-state index in [4.69, 9.17) is 11.6 Å². The highest BCUT2D eigenvalue weighted by Gasteiger charge is 2.10. The zero-order chi connectivity index (χ0) is 14.1. The van der Waals surface area contributed by atoms with Gasteiger partial charge in [-0.1, -0.05) is 17.7 Å². The molecular weight excluding hydrogens is 297 g/mol. The lowest BCUT2D eigenvalue weighted by atomic mass is 10.1. The second-order valence-electron chi connectivity index (χ2n) is 4.48. The predicted octanol–water partition coefficient (Wildman–Crippen LogP) is 4.40. The summed E-state index contributed by atoms with van der Waals surface area (Å²) in [6.07, 6.45) is 0.